The molecule has 0 atom stereocenters. The van der Waals surface area contributed by atoms with Crippen molar-refractivity contribution < 1.29 is 0 Å². The molecule has 2 nitrogen and oxygen atoms in total. The largest absolute Gasteiger partial charge is 0.282 e. The molecule has 0 aliphatic heterocycles. The zero-order chi connectivity index (χ0) is 12.8. The van der Waals surface area contributed by atoms with Crippen LogP contribution in [0.25, 0.3) is 5.69 Å². The highest BCUT2D eigenvalue weighted by Crippen LogP contribution is 2.28. The maximum absolute atomic E-state index is 4.34. The number of nitrogens with zero attached hydrogens (tertiary/aromatic N) is 2. The fourth-order valence-electron chi connectivity index (χ4n) is 2.09. The van der Waals surface area contributed by atoms with Crippen molar-refractivity contribution in [2.24, 2.45) is 0 Å². The molecule has 0 saturated heterocycles. The third-order valence-corrected chi connectivity index (χ3v) is 4.65. The van der Waals surface area contributed by atoms with Crippen molar-refractivity contribution >= 4 is 25.3 Å². The Morgan fingerprint density at radius 3 is 2.83 bits per heavy atom. The number of hydrogen-bond acceptors (Lipinski definition) is 2. The van der Waals surface area contributed by atoms with E-state index in [1.165, 1.54) is 41.8 Å². The Morgan fingerprint density at radius 2 is 2.17 bits per heavy atom. The van der Waals surface area contributed by atoms with E-state index in [0.29, 0.717) is 0 Å². The smallest absolute Gasteiger partial charge is 0.242 e. The summed E-state index contributed by atoms with van der Waals surface area (Å²) in [6, 6.07) is 8.50. The summed E-state index contributed by atoms with van der Waals surface area (Å²) >= 11 is 1.94. The molecule has 2 aromatic rings. The predicted molar refractivity (Wildman–Crippen MR) is 79.8 cm³/mol. The summed E-state index contributed by atoms with van der Waals surface area (Å²) in [5.74, 6) is 0. The lowest BCUT2D eigenvalue weighted by atomic mass is 10.1. The Balaban J connectivity index is 2.28. The third kappa shape index (κ3) is 3.20. The molecule has 0 aliphatic rings. The summed E-state index contributed by atoms with van der Waals surface area (Å²) in [5.41, 5.74) is 2.66. The molecule has 1 aromatic carbocycles. The van der Waals surface area contributed by atoms with Crippen molar-refractivity contribution in [3.63, 3.8) is 0 Å². The first-order valence-corrected chi connectivity index (χ1v) is 9.12. The second kappa shape index (κ2) is 7.04. The SMILES string of the molecule is CCCCCc1cccc(-n2cccn2)c1[S][AlH]. The third-order valence-electron chi connectivity index (χ3n) is 3.02. The van der Waals surface area contributed by atoms with E-state index in [2.05, 4.69) is 30.2 Å². The van der Waals surface area contributed by atoms with Crippen LogP contribution in [0, 0.1) is 0 Å². The second-order valence-corrected chi connectivity index (χ2v) is 5.88. The van der Waals surface area contributed by atoms with Gasteiger partial charge in [-0.3, -0.25) is 0 Å². The maximum atomic E-state index is 4.34. The van der Waals surface area contributed by atoms with Crippen molar-refractivity contribution in [2.45, 2.75) is 37.5 Å². The summed E-state index contributed by atoms with van der Waals surface area (Å²) in [6.07, 6.45) is 8.86. The Morgan fingerprint density at radius 1 is 1.28 bits per heavy atom. The summed E-state index contributed by atoms with van der Waals surface area (Å²) in [4.78, 5) is 1.37. The van der Waals surface area contributed by atoms with E-state index in [-0.39, 0.29) is 0 Å². The minimum Gasteiger partial charge on any atom is -0.242 e. The van der Waals surface area contributed by atoms with Crippen LogP contribution in [0.5, 0.6) is 0 Å². The normalized spacial score (nSPS) is 10.7. The topological polar surface area (TPSA) is 17.8 Å². The molecule has 93 valence electrons. The molecule has 0 spiro atoms. The first-order valence-electron chi connectivity index (χ1n) is 6.40. The van der Waals surface area contributed by atoms with Crippen LogP contribution in [0.15, 0.2) is 41.6 Å². The Hall–Kier alpha value is -0.688. The van der Waals surface area contributed by atoms with Crippen molar-refractivity contribution in [1.82, 2.24) is 9.78 Å². The van der Waals surface area contributed by atoms with Gasteiger partial charge in [0.15, 0.2) is 0 Å². The van der Waals surface area contributed by atoms with Gasteiger partial charge in [-0.1, -0.05) is 31.9 Å². The van der Waals surface area contributed by atoms with Gasteiger partial charge in [-0.05, 0) is 30.5 Å². The van der Waals surface area contributed by atoms with Gasteiger partial charge in [-0.15, -0.1) is 0 Å². The summed E-state index contributed by atoms with van der Waals surface area (Å²) in [7, 11) is 1.85. The molecular weight excluding hydrogens is 255 g/mol. The molecule has 0 N–H and O–H groups in total. The molecule has 0 saturated carbocycles. The van der Waals surface area contributed by atoms with E-state index in [4.69, 9.17) is 0 Å². The van der Waals surface area contributed by atoms with E-state index < -0.39 is 0 Å². The minimum absolute atomic E-state index is 1.17. The molecule has 0 bridgehead atoms. The van der Waals surface area contributed by atoms with Gasteiger partial charge in [-0.2, -0.15) is 5.10 Å². The second-order valence-electron chi connectivity index (χ2n) is 4.32. The van der Waals surface area contributed by atoms with E-state index in [1.54, 1.807) is 0 Å². The first-order chi connectivity index (χ1) is 8.86. The number of aromatic nitrogens is 2. The van der Waals surface area contributed by atoms with Crippen LogP contribution in [0.2, 0.25) is 0 Å². The molecule has 0 aliphatic carbocycles. The van der Waals surface area contributed by atoms with Gasteiger partial charge in [0.25, 0.3) is 15.2 Å². The van der Waals surface area contributed by atoms with Crippen molar-refractivity contribution in [3.8, 4) is 5.69 Å². The molecule has 1 aromatic heterocycles. The number of benzene rings is 1. The number of rotatable bonds is 6. The monoisotopic (exact) mass is 273 g/mol. The highest BCUT2D eigenvalue weighted by atomic mass is 32.3. The zero-order valence-electron chi connectivity index (χ0n) is 10.8. The van der Waals surface area contributed by atoms with E-state index in [9.17, 15) is 0 Å². The summed E-state index contributed by atoms with van der Waals surface area (Å²) in [6.45, 7) is 2.25. The van der Waals surface area contributed by atoms with Crippen molar-refractivity contribution in [1.29, 1.82) is 0 Å². The van der Waals surface area contributed by atoms with Gasteiger partial charge in [0.05, 0.1) is 5.69 Å². The lowest BCUT2D eigenvalue weighted by molar-refractivity contribution is 0.710. The number of unbranched alkanes of at least 4 members (excludes halogenated alkanes) is 2. The van der Waals surface area contributed by atoms with Crippen LogP contribution < -0.4 is 0 Å². The highest BCUT2D eigenvalue weighted by molar-refractivity contribution is 8.19. The predicted octanol–water partition coefficient (Wildman–Crippen LogP) is 3.51. The molecular formula is C14H18AlN2S. The Labute approximate surface area is 120 Å². The molecule has 2 rings (SSSR count). The lowest BCUT2D eigenvalue weighted by Crippen LogP contribution is -2.00. The molecule has 0 fully saturated rings. The van der Waals surface area contributed by atoms with E-state index >= 15 is 0 Å². The highest BCUT2D eigenvalue weighted by Gasteiger charge is 2.08. The maximum Gasteiger partial charge on any atom is 0.282 e. The fraction of sp³-hybridized carbons (Fsp3) is 0.357. The summed E-state index contributed by atoms with van der Waals surface area (Å²) < 4.78 is 1.96. The van der Waals surface area contributed by atoms with Crippen molar-refractivity contribution in [2.75, 3.05) is 0 Å². The van der Waals surface area contributed by atoms with Crippen LogP contribution in [-0.2, 0) is 6.42 Å². The number of hydrogen-bond donors (Lipinski definition) is 0. The molecule has 0 unspecified atom stereocenters. The Kier molecular flexibility index (Phi) is 5.37. The van der Waals surface area contributed by atoms with Gasteiger partial charge in [0.1, 0.15) is 0 Å². The van der Waals surface area contributed by atoms with Gasteiger partial charge in [0, 0.05) is 17.3 Å². The minimum atomic E-state index is 1.17. The van der Waals surface area contributed by atoms with Gasteiger partial charge in [-0.25, -0.2) is 14.8 Å². The van der Waals surface area contributed by atoms with Crippen LogP contribution in [-0.4, -0.2) is 24.9 Å². The molecule has 18 heavy (non-hydrogen) atoms. The van der Waals surface area contributed by atoms with E-state index in [1.807, 2.05) is 48.4 Å². The molecule has 0 amide bonds. The fourth-order valence-corrected chi connectivity index (χ4v) is 3.76. The van der Waals surface area contributed by atoms with Gasteiger partial charge in [0.2, 0.25) is 0 Å². The van der Waals surface area contributed by atoms with Crippen LogP contribution in [0.4, 0.5) is 0 Å². The zero-order valence-corrected chi connectivity index (χ0v) is 13.0. The van der Waals surface area contributed by atoms with Crippen LogP contribution in [0.3, 0.4) is 0 Å². The number of aryl methyl sites for hydroxylation is 1. The quantitative estimate of drug-likeness (QED) is 0.592. The Bertz CT molecular complexity index is 483. The lowest BCUT2D eigenvalue weighted by Gasteiger charge is -2.13. The molecule has 4 heteroatoms. The van der Waals surface area contributed by atoms with Crippen molar-refractivity contribution in [3.05, 3.63) is 42.2 Å². The molecule has 1 radical (unpaired) electrons. The van der Waals surface area contributed by atoms with Gasteiger partial charge >= 0.3 is 0 Å². The average molecular weight is 273 g/mol. The van der Waals surface area contributed by atoms with E-state index in [0.717, 1.165) is 0 Å². The molecule has 1 heterocycles. The van der Waals surface area contributed by atoms with Crippen LogP contribution >= 0.6 is 10.1 Å². The average Bonchev–Trinajstić information content (AvgIpc) is 2.92. The summed E-state index contributed by atoms with van der Waals surface area (Å²) in [5, 5.41) is 4.34. The standard InChI is InChI=1S/C14H18N2S.Al.H/c1-2-3-4-7-12-8-5-9-13(14(12)17)16-11-6-10-15-16;;/h5-6,8-11,17H,2-4,7H2,1H3;;/q;+1;/p-1. The van der Waals surface area contributed by atoms with Crippen LogP contribution in [0.1, 0.15) is 31.7 Å². The first kappa shape index (κ1) is 13.7. The van der Waals surface area contributed by atoms with Gasteiger partial charge < -0.3 is 0 Å².